The van der Waals surface area contributed by atoms with Gasteiger partial charge in [0, 0.05) is 17.0 Å². The van der Waals surface area contributed by atoms with Gasteiger partial charge in [-0.2, -0.15) is 0 Å². The molecule has 21 heavy (non-hydrogen) atoms. The Balaban J connectivity index is 2.08. The highest BCUT2D eigenvalue weighted by molar-refractivity contribution is 6.31. The van der Waals surface area contributed by atoms with Gasteiger partial charge in [-0.05, 0) is 32.0 Å². The van der Waals surface area contributed by atoms with Gasteiger partial charge in [-0.1, -0.05) is 18.5 Å². The van der Waals surface area contributed by atoms with Crippen molar-refractivity contribution in [1.29, 1.82) is 0 Å². The molecule has 5 nitrogen and oxygen atoms in total. The van der Waals surface area contributed by atoms with Crippen molar-refractivity contribution in [3.8, 4) is 0 Å². The fraction of sp³-hybridized carbons (Fsp3) is 0.400. The molecule has 1 aromatic heterocycles. The van der Waals surface area contributed by atoms with Crippen molar-refractivity contribution in [2.24, 2.45) is 5.92 Å². The molecule has 6 heteroatoms. The van der Waals surface area contributed by atoms with Crippen LogP contribution in [0.4, 0.5) is 5.82 Å². The Bertz CT molecular complexity index is 646. The third-order valence-electron chi connectivity index (χ3n) is 2.93. The SMILES string of the molecule is CC(C)OC(=O)C(C)CNc1ncnc2cc(Cl)ccc12. The van der Waals surface area contributed by atoms with Gasteiger partial charge >= 0.3 is 5.97 Å². The van der Waals surface area contributed by atoms with Gasteiger partial charge in [0.05, 0.1) is 17.5 Å². The lowest BCUT2D eigenvalue weighted by atomic mass is 10.1. The Morgan fingerprint density at radius 3 is 2.81 bits per heavy atom. The Morgan fingerprint density at radius 2 is 2.10 bits per heavy atom. The second kappa shape index (κ2) is 6.72. The van der Waals surface area contributed by atoms with Crippen LogP contribution in [-0.4, -0.2) is 28.6 Å². The summed E-state index contributed by atoms with van der Waals surface area (Å²) in [5.74, 6) is 0.199. The predicted molar refractivity (Wildman–Crippen MR) is 83.4 cm³/mol. The standard InChI is InChI=1S/C15H18ClN3O2/c1-9(2)21-15(20)10(3)7-17-14-12-5-4-11(16)6-13(12)18-8-19-14/h4-6,8-10H,7H2,1-3H3,(H,17,18,19). The van der Waals surface area contributed by atoms with Crippen molar-refractivity contribution in [2.75, 3.05) is 11.9 Å². The summed E-state index contributed by atoms with van der Waals surface area (Å²) in [6, 6.07) is 5.42. The first-order valence-electron chi connectivity index (χ1n) is 6.82. The van der Waals surface area contributed by atoms with E-state index in [1.54, 1.807) is 12.1 Å². The summed E-state index contributed by atoms with van der Waals surface area (Å²) in [4.78, 5) is 20.2. The van der Waals surface area contributed by atoms with E-state index in [4.69, 9.17) is 16.3 Å². The van der Waals surface area contributed by atoms with Gasteiger partial charge in [-0.25, -0.2) is 9.97 Å². The van der Waals surface area contributed by atoms with Gasteiger partial charge in [0.1, 0.15) is 12.1 Å². The molecule has 0 saturated heterocycles. The molecule has 0 fully saturated rings. The molecule has 0 saturated carbocycles. The fourth-order valence-electron chi connectivity index (χ4n) is 1.85. The van der Waals surface area contributed by atoms with E-state index in [1.807, 2.05) is 26.8 Å². The number of anilines is 1. The van der Waals surface area contributed by atoms with E-state index >= 15 is 0 Å². The number of rotatable bonds is 5. The summed E-state index contributed by atoms with van der Waals surface area (Å²) in [6.45, 7) is 5.93. The number of aromatic nitrogens is 2. The molecular formula is C15H18ClN3O2. The number of nitrogens with one attached hydrogen (secondary N) is 1. The summed E-state index contributed by atoms with van der Waals surface area (Å²) in [5, 5.41) is 4.66. The van der Waals surface area contributed by atoms with E-state index < -0.39 is 0 Å². The van der Waals surface area contributed by atoms with Crippen molar-refractivity contribution in [3.63, 3.8) is 0 Å². The Morgan fingerprint density at radius 1 is 1.33 bits per heavy atom. The van der Waals surface area contributed by atoms with E-state index in [0.717, 1.165) is 10.9 Å². The van der Waals surface area contributed by atoms with Crippen molar-refractivity contribution in [3.05, 3.63) is 29.5 Å². The zero-order valence-corrected chi connectivity index (χ0v) is 13.0. The van der Waals surface area contributed by atoms with Gasteiger partial charge < -0.3 is 10.1 Å². The van der Waals surface area contributed by atoms with Crippen LogP contribution in [0.5, 0.6) is 0 Å². The summed E-state index contributed by atoms with van der Waals surface area (Å²) in [6.07, 6.45) is 1.36. The number of hydrogen-bond acceptors (Lipinski definition) is 5. The molecule has 2 aromatic rings. The number of fused-ring (bicyclic) bond motifs is 1. The van der Waals surface area contributed by atoms with Crippen LogP contribution in [0.3, 0.4) is 0 Å². The van der Waals surface area contributed by atoms with Crippen LogP contribution in [0.25, 0.3) is 10.9 Å². The molecule has 0 spiro atoms. The maximum absolute atomic E-state index is 11.8. The van der Waals surface area contributed by atoms with Gasteiger partial charge in [-0.15, -0.1) is 0 Å². The van der Waals surface area contributed by atoms with E-state index in [9.17, 15) is 4.79 Å². The molecule has 0 radical (unpaired) electrons. The molecule has 0 amide bonds. The predicted octanol–water partition coefficient (Wildman–Crippen LogP) is 3.28. The molecule has 0 aliphatic rings. The zero-order valence-electron chi connectivity index (χ0n) is 12.3. The van der Waals surface area contributed by atoms with Crippen LogP contribution in [0, 0.1) is 5.92 Å². The number of benzene rings is 1. The lowest BCUT2D eigenvalue weighted by Gasteiger charge is -2.15. The Hall–Kier alpha value is -1.88. The maximum Gasteiger partial charge on any atom is 0.310 e. The highest BCUT2D eigenvalue weighted by Crippen LogP contribution is 2.22. The van der Waals surface area contributed by atoms with Gasteiger partial charge in [-0.3, -0.25) is 4.79 Å². The molecule has 1 heterocycles. The molecule has 1 atom stereocenters. The van der Waals surface area contributed by atoms with E-state index in [1.165, 1.54) is 6.33 Å². The second-order valence-corrected chi connectivity index (χ2v) is 5.59. The molecule has 1 unspecified atom stereocenters. The molecule has 0 aliphatic carbocycles. The van der Waals surface area contributed by atoms with E-state index in [-0.39, 0.29) is 18.0 Å². The van der Waals surface area contributed by atoms with Crippen LogP contribution < -0.4 is 5.32 Å². The summed E-state index contributed by atoms with van der Waals surface area (Å²) < 4.78 is 5.17. The van der Waals surface area contributed by atoms with Gasteiger partial charge in [0.15, 0.2) is 0 Å². The smallest absolute Gasteiger partial charge is 0.310 e. The molecule has 0 aliphatic heterocycles. The quantitative estimate of drug-likeness (QED) is 0.859. The normalized spacial score (nSPS) is 12.4. The number of carbonyl (C=O) groups excluding carboxylic acids is 1. The molecule has 1 N–H and O–H groups in total. The third-order valence-corrected chi connectivity index (χ3v) is 3.16. The molecule has 112 valence electrons. The number of nitrogens with zero attached hydrogens (tertiary/aromatic N) is 2. The molecular weight excluding hydrogens is 290 g/mol. The monoisotopic (exact) mass is 307 g/mol. The van der Waals surface area contributed by atoms with E-state index in [0.29, 0.717) is 17.4 Å². The number of hydrogen-bond donors (Lipinski definition) is 1. The average Bonchev–Trinajstić information content (AvgIpc) is 2.43. The first kappa shape index (κ1) is 15.5. The summed E-state index contributed by atoms with van der Waals surface area (Å²) in [7, 11) is 0. The van der Waals surface area contributed by atoms with Crippen LogP contribution in [-0.2, 0) is 9.53 Å². The second-order valence-electron chi connectivity index (χ2n) is 5.15. The average molecular weight is 308 g/mol. The number of esters is 1. The highest BCUT2D eigenvalue weighted by Gasteiger charge is 2.16. The lowest BCUT2D eigenvalue weighted by molar-refractivity contribution is -0.151. The molecule has 1 aromatic carbocycles. The van der Waals surface area contributed by atoms with Crippen molar-refractivity contribution in [1.82, 2.24) is 9.97 Å². The fourth-order valence-corrected chi connectivity index (χ4v) is 2.02. The minimum absolute atomic E-state index is 0.109. The molecule has 2 rings (SSSR count). The minimum Gasteiger partial charge on any atom is -0.463 e. The van der Waals surface area contributed by atoms with Gasteiger partial charge in [0.25, 0.3) is 0 Å². The minimum atomic E-state index is -0.260. The highest BCUT2D eigenvalue weighted by atomic mass is 35.5. The third kappa shape index (κ3) is 4.04. The first-order chi connectivity index (χ1) is 9.97. The van der Waals surface area contributed by atoms with Gasteiger partial charge in [0.2, 0.25) is 0 Å². The van der Waals surface area contributed by atoms with E-state index in [2.05, 4.69) is 15.3 Å². The Kier molecular flexibility index (Phi) is 4.96. The van der Waals surface area contributed by atoms with Crippen molar-refractivity contribution < 1.29 is 9.53 Å². The lowest BCUT2D eigenvalue weighted by Crippen LogP contribution is -2.25. The summed E-state index contributed by atoms with van der Waals surface area (Å²) >= 11 is 5.95. The van der Waals surface area contributed by atoms with Crippen LogP contribution in [0.2, 0.25) is 5.02 Å². The number of halogens is 1. The van der Waals surface area contributed by atoms with Crippen molar-refractivity contribution >= 4 is 34.3 Å². The number of carbonyl (C=O) groups is 1. The maximum atomic E-state index is 11.8. The van der Waals surface area contributed by atoms with Crippen LogP contribution >= 0.6 is 11.6 Å². The number of ether oxygens (including phenoxy) is 1. The zero-order chi connectivity index (χ0) is 15.4. The Labute approximate surface area is 128 Å². The molecule has 0 bridgehead atoms. The van der Waals surface area contributed by atoms with Crippen molar-refractivity contribution in [2.45, 2.75) is 26.9 Å². The van der Waals surface area contributed by atoms with Crippen LogP contribution in [0.1, 0.15) is 20.8 Å². The topological polar surface area (TPSA) is 64.1 Å². The first-order valence-corrected chi connectivity index (χ1v) is 7.20. The summed E-state index contributed by atoms with van der Waals surface area (Å²) in [5.41, 5.74) is 0.761. The largest absolute Gasteiger partial charge is 0.463 e. The van der Waals surface area contributed by atoms with Crippen LogP contribution in [0.15, 0.2) is 24.5 Å².